The Labute approximate surface area is 180 Å². The van der Waals surface area contributed by atoms with Crippen LogP contribution in [-0.4, -0.2) is 0 Å². The Morgan fingerprint density at radius 3 is 0.889 bits per heavy atom. The fraction of sp³-hybridized carbons (Fsp3) is 0.926. The minimum absolute atomic E-state index is 0.935. The molecule has 0 aliphatic carbocycles. The van der Waals surface area contributed by atoms with Gasteiger partial charge in [0.15, 0.2) is 0 Å². The van der Waals surface area contributed by atoms with E-state index in [0.29, 0.717) is 0 Å². The molecule has 0 aromatic carbocycles. The molecule has 0 heteroatoms. The third-order valence-corrected chi connectivity index (χ3v) is 2.59. The molecule has 0 aromatic rings. The lowest BCUT2D eigenvalue weighted by atomic mass is 9.90. The highest BCUT2D eigenvalue weighted by atomic mass is 14.1. The maximum Gasteiger partial charge on any atom is -0.00297 e. The van der Waals surface area contributed by atoms with Crippen molar-refractivity contribution in [3.63, 3.8) is 0 Å². The number of terminal acetylenes is 1. The molecule has 0 heterocycles. The van der Waals surface area contributed by atoms with Crippen molar-refractivity contribution < 1.29 is 0 Å². The van der Waals surface area contributed by atoms with Gasteiger partial charge in [-0.1, -0.05) is 143 Å². The van der Waals surface area contributed by atoms with Crippen LogP contribution >= 0.6 is 0 Å². The van der Waals surface area contributed by atoms with Gasteiger partial charge < -0.3 is 0 Å². The summed E-state index contributed by atoms with van der Waals surface area (Å²) in [6, 6.07) is 0. The predicted octanol–water partition coefficient (Wildman–Crippen LogP) is 11.4. The lowest BCUT2D eigenvalue weighted by Gasteiger charge is -2.16. The Morgan fingerprint density at radius 2 is 0.778 bits per heavy atom. The molecule has 174 valence electrons. The third kappa shape index (κ3) is 155. The maximum atomic E-state index is 4.60. The van der Waals surface area contributed by atoms with Crippen molar-refractivity contribution in [2.24, 2.45) is 11.8 Å². The molecule has 0 aromatic heterocycles. The van der Waals surface area contributed by atoms with E-state index in [1.54, 1.807) is 6.92 Å². The summed E-state index contributed by atoms with van der Waals surface area (Å²) < 4.78 is 0. The Kier molecular flexibility index (Phi) is 182. The summed E-state index contributed by atoms with van der Waals surface area (Å²) in [5, 5.41) is 0. The highest BCUT2D eigenvalue weighted by Gasteiger charge is 2.07. The van der Waals surface area contributed by atoms with Crippen LogP contribution in [0.3, 0.4) is 0 Å². The van der Waals surface area contributed by atoms with Crippen molar-refractivity contribution >= 4 is 0 Å². The van der Waals surface area contributed by atoms with Crippen LogP contribution in [0.5, 0.6) is 0 Å². The Balaban J connectivity index is -0.0000000297. The van der Waals surface area contributed by atoms with Crippen LogP contribution in [0.1, 0.15) is 156 Å². The standard InChI is InChI=1S/C10H22.2C3H8.C3H4.4C2H6/c1-5-9(4)8-10(6-2)7-3;3*1-3-2;4*1-2/h9-10H,5-8H2,1-4H3;2*3H2,1-2H3;1H,2H3;4*1-2H3. The molecule has 1 atom stereocenters. The highest BCUT2D eigenvalue weighted by molar-refractivity contribution is 4.73. The second-order valence-electron chi connectivity index (χ2n) is 5.13. The normalized spacial score (nSPS) is 7.74. The lowest BCUT2D eigenvalue weighted by Crippen LogP contribution is -2.03. The van der Waals surface area contributed by atoms with Crippen LogP contribution in [0.15, 0.2) is 0 Å². The number of hydrogen-bond donors (Lipinski definition) is 0. The fourth-order valence-corrected chi connectivity index (χ4v) is 1.36. The monoisotopic (exact) mass is 391 g/mol. The lowest BCUT2D eigenvalue weighted by molar-refractivity contribution is 0.364. The molecule has 0 N–H and O–H groups in total. The molecular formula is C27H66. The average molecular weight is 391 g/mol. The van der Waals surface area contributed by atoms with E-state index >= 15 is 0 Å². The van der Waals surface area contributed by atoms with Crippen molar-refractivity contribution in [2.75, 3.05) is 0 Å². The molecule has 0 spiro atoms. The van der Waals surface area contributed by atoms with Crippen molar-refractivity contribution in [2.45, 2.75) is 156 Å². The zero-order valence-electron chi connectivity index (χ0n) is 23.5. The maximum absolute atomic E-state index is 4.60. The second kappa shape index (κ2) is 97.7. The van der Waals surface area contributed by atoms with E-state index in [1.807, 2.05) is 55.4 Å². The second-order valence-corrected chi connectivity index (χ2v) is 5.13. The molecule has 27 heavy (non-hydrogen) atoms. The smallest absolute Gasteiger partial charge is 0.00297 e. The molecule has 0 amide bonds. The van der Waals surface area contributed by atoms with E-state index in [-0.39, 0.29) is 0 Å². The van der Waals surface area contributed by atoms with Gasteiger partial charge in [0, 0.05) is 0 Å². The zero-order chi connectivity index (χ0) is 24.1. The highest BCUT2D eigenvalue weighted by Crippen LogP contribution is 2.20. The fourth-order valence-electron chi connectivity index (χ4n) is 1.36. The predicted molar refractivity (Wildman–Crippen MR) is 140 cm³/mol. The summed E-state index contributed by atoms with van der Waals surface area (Å²) in [7, 11) is 0. The Morgan fingerprint density at radius 1 is 0.593 bits per heavy atom. The SMILES string of the molecule is C#CC.CC.CC.CC.CC.CCC.CCC.CCC(C)CC(CC)CC. The molecule has 0 fully saturated rings. The van der Waals surface area contributed by atoms with Gasteiger partial charge in [0.1, 0.15) is 0 Å². The van der Waals surface area contributed by atoms with Crippen molar-refractivity contribution in [3.8, 4) is 12.3 Å². The van der Waals surface area contributed by atoms with Crippen LogP contribution < -0.4 is 0 Å². The molecule has 0 nitrogen and oxygen atoms in total. The average Bonchev–Trinajstić information content (AvgIpc) is 2.73. The molecule has 0 rings (SSSR count). The van der Waals surface area contributed by atoms with Gasteiger partial charge in [-0.3, -0.25) is 0 Å². The van der Waals surface area contributed by atoms with E-state index in [2.05, 4.69) is 67.7 Å². The molecule has 0 saturated heterocycles. The summed E-state index contributed by atoms with van der Waals surface area (Å²) >= 11 is 0. The molecule has 0 aliphatic rings. The van der Waals surface area contributed by atoms with E-state index in [4.69, 9.17) is 0 Å². The third-order valence-electron chi connectivity index (χ3n) is 2.59. The van der Waals surface area contributed by atoms with Crippen LogP contribution in [0.4, 0.5) is 0 Å². The van der Waals surface area contributed by atoms with Gasteiger partial charge in [-0.2, -0.15) is 0 Å². The van der Waals surface area contributed by atoms with Gasteiger partial charge in [-0.15, -0.1) is 12.3 Å². The molecule has 0 bridgehead atoms. The van der Waals surface area contributed by atoms with Gasteiger partial charge in [0.05, 0.1) is 0 Å². The quantitative estimate of drug-likeness (QED) is 0.409. The molecule has 0 saturated carbocycles. The van der Waals surface area contributed by atoms with Gasteiger partial charge in [0.25, 0.3) is 0 Å². The molecule has 1 unspecified atom stereocenters. The van der Waals surface area contributed by atoms with Crippen molar-refractivity contribution in [1.29, 1.82) is 0 Å². The van der Waals surface area contributed by atoms with E-state index < -0.39 is 0 Å². The van der Waals surface area contributed by atoms with Crippen LogP contribution in [0.25, 0.3) is 0 Å². The van der Waals surface area contributed by atoms with E-state index in [1.165, 1.54) is 38.5 Å². The van der Waals surface area contributed by atoms with Crippen LogP contribution in [0.2, 0.25) is 0 Å². The topological polar surface area (TPSA) is 0 Å². The van der Waals surface area contributed by atoms with Gasteiger partial charge >= 0.3 is 0 Å². The van der Waals surface area contributed by atoms with E-state index in [9.17, 15) is 0 Å². The number of hydrogen-bond acceptors (Lipinski definition) is 0. The van der Waals surface area contributed by atoms with Crippen molar-refractivity contribution in [3.05, 3.63) is 0 Å². The van der Waals surface area contributed by atoms with E-state index in [0.717, 1.165) is 11.8 Å². The van der Waals surface area contributed by atoms with Gasteiger partial charge in [0.2, 0.25) is 0 Å². The molecule has 0 radical (unpaired) electrons. The summed E-state index contributed by atoms with van der Waals surface area (Å²) in [5.41, 5.74) is 0. The van der Waals surface area contributed by atoms with Gasteiger partial charge in [-0.25, -0.2) is 0 Å². The zero-order valence-corrected chi connectivity index (χ0v) is 23.5. The first-order valence-electron chi connectivity index (χ1n) is 12.4. The number of rotatable bonds is 5. The summed E-state index contributed by atoms with van der Waals surface area (Å²) in [6.45, 7) is 35.4. The van der Waals surface area contributed by atoms with Crippen LogP contribution in [0, 0.1) is 24.2 Å². The van der Waals surface area contributed by atoms with Gasteiger partial charge in [-0.05, 0) is 25.2 Å². The summed E-state index contributed by atoms with van der Waals surface area (Å²) in [4.78, 5) is 0. The summed E-state index contributed by atoms with van der Waals surface area (Å²) in [6.07, 6.45) is 12.6. The molecule has 0 aliphatic heterocycles. The summed E-state index contributed by atoms with van der Waals surface area (Å²) in [5.74, 6) is 4.17. The molecular weight excluding hydrogens is 324 g/mol. The van der Waals surface area contributed by atoms with Crippen LogP contribution in [-0.2, 0) is 0 Å². The Bertz CT molecular complexity index is 135. The first-order chi connectivity index (χ1) is 13.0. The Hall–Kier alpha value is -0.440. The largest absolute Gasteiger partial charge is 0.120 e. The minimum atomic E-state index is 0.935. The first-order valence-corrected chi connectivity index (χ1v) is 12.4. The first kappa shape index (κ1) is 50.4. The van der Waals surface area contributed by atoms with Crippen molar-refractivity contribution in [1.82, 2.24) is 0 Å². The minimum Gasteiger partial charge on any atom is -0.120 e.